The molecule has 0 spiro atoms. The first-order valence-electron chi connectivity index (χ1n) is 7.69. The highest BCUT2D eigenvalue weighted by Gasteiger charge is 2.27. The first kappa shape index (κ1) is 16.9. The van der Waals surface area contributed by atoms with Crippen LogP contribution in [-0.2, 0) is 0 Å². The van der Waals surface area contributed by atoms with Crippen LogP contribution in [0.15, 0.2) is 30.6 Å². The molecule has 0 saturated carbocycles. The molecule has 2 aromatic rings. The van der Waals surface area contributed by atoms with Crippen molar-refractivity contribution in [2.24, 2.45) is 0 Å². The molecule has 1 unspecified atom stereocenters. The SMILES string of the molecule is Cc1cnn(C2CCCN(C(=O)c3cc(I)cc([N+](=O)[O-])c3)C2)c1. The lowest BCUT2D eigenvalue weighted by molar-refractivity contribution is -0.385. The molecular formula is C16H17IN4O3. The number of halogens is 1. The van der Waals surface area contributed by atoms with Gasteiger partial charge in [0.05, 0.1) is 17.2 Å². The van der Waals surface area contributed by atoms with Crippen LogP contribution in [-0.4, -0.2) is 38.6 Å². The second kappa shape index (κ2) is 6.88. The molecule has 126 valence electrons. The summed E-state index contributed by atoms with van der Waals surface area (Å²) in [5, 5.41) is 15.4. The van der Waals surface area contributed by atoms with E-state index in [4.69, 9.17) is 0 Å². The Kier molecular flexibility index (Phi) is 4.83. The van der Waals surface area contributed by atoms with Gasteiger partial charge in [-0.15, -0.1) is 0 Å². The van der Waals surface area contributed by atoms with Crippen LogP contribution in [0.25, 0.3) is 0 Å². The maximum absolute atomic E-state index is 12.8. The number of hydrogen-bond donors (Lipinski definition) is 0. The zero-order valence-electron chi connectivity index (χ0n) is 13.2. The Bertz CT molecular complexity index is 789. The van der Waals surface area contributed by atoms with Crippen LogP contribution in [0.2, 0.25) is 0 Å². The fourth-order valence-electron chi connectivity index (χ4n) is 2.97. The molecule has 0 radical (unpaired) electrons. The molecule has 2 heterocycles. The van der Waals surface area contributed by atoms with Crippen molar-refractivity contribution in [3.05, 3.63) is 55.4 Å². The van der Waals surface area contributed by atoms with Gasteiger partial charge in [-0.3, -0.25) is 19.6 Å². The molecule has 1 aromatic carbocycles. The van der Waals surface area contributed by atoms with E-state index in [-0.39, 0.29) is 17.6 Å². The van der Waals surface area contributed by atoms with Crippen molar-refractivity contribution in [1.82, 2.24) is 14.7 Å². The van der Waals surface area contributed by atoms with Crippen LogP contribution in [0, 0.1) is 20.6 Å². The number of amides is 1. The zero-order valence-corrected chi connectivity index (χ0v) is 15.3. The van der Waals surface area contributed by atoms with Crippen LogP contribution >= 0.6 is 22.6 Å². The minimum atomic E-state index is -0.468. The number of aromatic nitrogens is 2. The van der Waals surface area contributed by atoms with Gasteiger partial charge in [0.2, 0.25) is 0 Å². The molecule has 1 aromatic heterocycles. The fourth-order valence-corrected chi connectivity index (χ4v) is 3.63. The van der Waals surface area contributed by atoms with Gasteiger partial charge in [-0.25, -0.2) is 0 Å². The Balaban J connectivity index is 1.81. The van der Waals surface area contributed by atoms with Crippen molar-refractivity contribution in [3.63, 3.8) is 0 Å². The van der Waals surface area contributed by atoms with E-state index in [1.807, 2.05) is 46.6 Å². The first-order valence-corrected chi connectivity index (χ1v) is 8.77. The molecule has 1 aliphatic rings. The van der Waals surface area contributed by atoms with E-state index in [2.05, 4.69) is 5.10 Å². The molecular weight excluding hydrogens is 423 g/mol. The standard InChI is InChI=1S/C16H17IN4O3/c1-11-8-18-20(9-11)14-3-2-4-19(10-14)16(22)12-5-13(17)7-15(6-12)21(23)24/h5-9,14H,2-4,10H2,1H3. The van der Waals surface area contributed by atoms with Gasteiger partial charge in [-0.2, -0.15) is 5.10 Å². The number of piperidine rings is 1. The molecule has 1 fully saturated rings. The van der Waals surface area contributed by atoms with Crippen LogP contribution in [0.1, 0.15) is 34.8 Å². The number of benzene rings is 1. The Morgan fingerprint density at radius 1 is 1.42 bits per heavy atom. The molecule has 8 heteroatoms. The second-order valence-corrected chi connectivity index (χ2v) is 7.25. The summed E-state index contributed by atoms with van der Waals surface area (Å²) in [6.45, 7) is 3.22. The van der Waals surface area contributed by atoms with Gasteiger partial charge in [0, 0.05) is 40.6 Å². The number of non-ortho nitro benzene ring substituents is 1. The van der Waals surface area contributed by atoms with Crippen molar-refractivity contribution in [2.75, 3.05) is 13.1 Å². The van der Waals surface area contributed by atoms with Gasteiger partial charge in [-0.1, -0.05) is 0 Å². The summed E-state index contributed by atoms with van der Waals surface area (Å²) in [6.07, 6.45) is 5.65. The number of likely N-dealkylation sites (tertiary alicyclic amines) is 1. The number of nitrogens with zero attached hydrogens (tertiary/aromatic N) is 4. The van der Waals surface area contributed by atoms with Crippen LogP contribution in [0.5, 0.6) is 0 Å². The Labute approximate surface area is 152 Å². The highest BCUT2D eigenvalue weighted by molar-refractivity contribution is 14.1. The molecule has 1 aliphatic heterocycles. The summed E-state index contributed by atoms with van der Waals surface area (Å²) < 4.78 is 2.59. The smallest absolute Gasteiger partial charge is 0.271 e. The third-order valence-electron chi connectivity index (χ3n) is 4.13. The van der Waals surface area contributed by atoms with Crippen LogP contribution in [0.3, 0.4) is 0 Å². The lowest BCUT2D eigenvalue weighted by atomic mass is 10.0. The Hall–Kier alpha value is -1.97. The number of rotatable bonds is 3. The average Bonchev–Trinajstić information content (AvgIpc) is 3.00. The normalized spacial score (nSPS) is 17.8. The molecule has 0 bridgehead atoms. The quantitative estimate of drug-likeness (QED) is 0.417. The maximum Gasteiger partial charge on any atom is 0.271 e. The van der Waals surface area contributed by atoms with E-state index < -0.39 is 4.92 Å². The predicted octanol–water partition coefficient (Wildman–Crippen LogP) is 3.18. The summed E-state index contributed by atoms with van der Waals surface area (Å²) in [6, 6.07) is 4.65. The number of hydrogen-bond acceptors (Lipinski definition) is 4. The van der Waals surface area contributed by atoms with Gasteiger partial charge in [0.15, 0.2) is 0 Å². The van der Waals surface area contributed by atoms with E-state index >= 15 is 0 Å². The van der Waals surface area contributed by atoms with Crippen LogP contribution in [0.4, 0.5) is 5.69 Å². The predicted molar refractivity (Wildman–Crippen MR) is 97.0 cm³/mol. The number of aryl methyl sites for hydroxylation is 1. The first-order chi connectivity index (χ1) is 11.4. The largest absolute Gasteiger partial charge is 0.336 e. The third kappa shape index (κ3) is 3.58. The van der Waals surface area contributed by atoms with Gasteiger partial charge in [0.1, 0.15) is 0 Å². The zero-order chi connectivity index (χ0) is 17.3. The summed E-state index contributed by atoms with van der Waals surface area (Å²) >= 11 is 2.00. The topological polar surface area (TPSA) is 81.3 Å². The average molecular weight is 440 g/mol. The van der Waals surface area contributed by atoms with Crippen molar-refractivity contribution < 1.29 is 9.72 Å². The monoisotopic (exact) mass is 440 g/mol. The van der Waals surface area contributed by atoms with Crippen molar-refractivity contribution >= 4 is 34.2 Å². The molecule has 0 aliphatic carbocycles. The van der Waals surface area contributed by atoms with E-state index in [0.717, 1.165) is 18.4 Å². The third-order valence-corrected chi connectivity index (χ3v) is 4.75. The second-order valence-electron chi connectivity index (χ2n) is 6.00. The number of nitro groups is 1. The van der Waals surface area contributed by atoms with Crippen molar-refractivity contribution in [1.29, 1.82) is 0 Å². The van der Waals surface area contributed by atoms with Crippen molar-refractivity contribution in [2.45, 2.75) is 25.8 Å². The summed E-state index contributed by atoms with van der Waals surface area (Å²) in [5.41, 5.74) is 1.40. The van der Waals surface area contributed by atoms with Gasteiger partial charge in [-0.05, 0) is 54.0 Å². The minimum Gasteiger partial charge on any atom is -0.336 e. The molecule has 1 amide bonds. The molecule has 1 atom stereocenters. The maximum atomic E-state index is 12.8. The highest BCUT2D eigenvalue weighted by atomic mass is 127. The Morgan fingerprint density at radius 2 is 2.21 bits per heavy atom. The summed E-state index contributed by atoms with van der Waals surface area (Å²) in [7, 11) is 0. The van der Waals surface area contributed by atoms with Gasteiger partial charge in [0.25, 0.3) is 11.6 Å². The number of nitro benzene ring substituents is 1. The van der Waals surface area contributed by atoms with Crippen molar-refractivity contribution in [3.8, 4) is 0 Å². The fraction of sp³-hybridized carbons (Fsp3) is 0.375. The lowest BCUT2D eigenvalue weighted by Gasteiger charge is -2.33. The van der Waals surface area contributed by atoms with E-state index in [1.165, 1.54) is 12.1 Å². The molecule has 7 nitrogen and oxygen atoms in total. The van der Waals surface area contributed by atoms with Crippen LogP contribution < -0.4 is 0 Å². The number of carbonyl (C=O) groups is 1. The molecule has 1 saturated heterocycles. The molecule has 0 N–H and O–H groups in total. The van der Waals surface area contributed by atoms with E-state index in [0.29, 0.717) is 22.2 Å². The van der Waals surface area contributed by atoms with Gasteiger partial charge < -0.3 is 4.90 Å². The minimum absolute atomic E-state index is 0.0542. The molecule has 3 rings (SSSR count). The highest BCUT2D eigenvalue weighted by Crippen LogP contribution is 2.25. The Morgan fingerprint density at radius 3 is 2.88 bits per heavy atom. The van der Waals surface area contributed by atoms with E-state index in [9.17, 15) is 14.9 Å². The number of carbonyl (C=O) groups excluding carboxylic acids is 1. The lowest BCUT2D eigenvalue weighted by Crippen LogP contribution is -2.40. The summed E-state index contributed by atoms with van der Waals surface area (Å²) in [4.78, 5) is 25.1. The molecule has 24 heavy (non-hydrogen) atoms. The van der Waals surface area contributed by atoms with Gasteiger partial charge >= 0.3 is 0 Å². The van der Waals surface area contributed by atoms with E-state index in [1.54, 1.807) is 11.0 Å². The summed E-state index contributed by atoms with van der Waals surface area (Å²) in [5.74, 6) is -0.162.